The highest BCUT2D eigenvalue weighted by Crippen LogP contribution is 2.40. The molecular formula is C15H19F3O. The minimum absolute atomic E-state index is 0.402. The highest BCUT2D eigenvalue weighted by Gasteiger charge is 2.34. The second-order valence-corrected chi connectivity index (χ2v) is 5.19. The van der Waals surface area contributed by atoms with Crippen molar-refractivity contribution in [3.05, 3.63) is 35.4 Å². The van der Waals surface area contributed by atoms with Gasteiger partial charge in [-0.05, 0) is 30.5 Å². The number of ether oxygens (including phenoxy) is 1. The first-order chi connectivity index (χ1) is 8.98. The maximum absolute atomic E-state index is 12.6. The Morgan fingerprint density at radius 1 is 0.947 bits per heavy atom. The molecule has 0 aromatic heterocycles. The summed E-state index contributed by atoms with van der Waals surface area (Å²) in [5.74, 6) is 0. The Bertz CT molecular complexity index is 400. The average Bonchev–Trinajstić information content (AvgIpc) is 2.64. The zero-order valence-electron chi connectivity index (χ0n) is 11.1. The molecular weight excluding hydrogens is 253 g/mol. The van der Waals surface area contributed by atoms with E-state index >= 15 is 0 Å². The topological polar surface area (TPSA) is 9.23 Å². The molecule has 0 bridgehead atoms. The van der Waals surface area contributed by atoms with Gasteiger partial charge in [0.2, 0.25) is 0 Å². The van der Waals surface area contributed by atoms with Crippen molar-refractivity contribution in [1.82, 2.24) is 0 Å². The molecule has 0 radical (unpaired) electrons. The van der Waals surface area contributed by atoms with Crippen LogP contribution in [0.15, 0.2) is 24.3 Å². The molecule has 4 heteroatoms. The number of hydrogen-bond donors (Lipinski definition) is 0. The summed E-state index contributed by atoms with van der Waals surface area (Å²) in [6, 6.07) is 5.44. The molecule has 2 rings (SSSR count). The van der Waals surface area contributed by atoms with Crippen LogP contribution in [0.25, 0.3) is 0 Å². The third-order valence-electron chi connectivity index (χ3n) is 4.04. The lowest BCUT2D eigenvalue weighted by atomic mass is 9.86. The van der Waals surface area contributed by atoms with Crippen molar-refractivity contribution in [2.75, 3.05) is 7.11 Å². The monoisotopic (exact) mass is 272 g/mol. The number of rotatable bonds is 2. The summed E-state index contributed by atoms with van der Waals surface area (Å²) in [7, 11) is 1.66. The minimum Gasteiger partial charge on any atom is -0.374 e. The standard InChI is InChI=1S/C15H19F3O/c1-19-14(10-4-2-3-5-11-14)12-6-8-13(9-7-12)15(16,17)18/h6-9H,2-5,10-11H2,1H3. The molecule has 0 heterocycles. The van der Waals surface area contributed by atoms with Gasteiger partial charge in [0.15, 0.2) is 0 Å². The SMILES string of the molecule is COC1(c2ccc(C(F)(F)F)cc2)CCCCCC1. The van der Waals surface area contributed by atoms with Gasteiger partial charge in [-0.25, -0.2) is 0 Å². The van der Waals surface area contributed by atoms with E-state index in [1.165, 1.54) is 12.8 Å². The first kappa shape index (κ1) is 14.4. The van der Waals surface area contributed by atoms with E-state index in [1.54, 1.807) is 19.2 Å². The fourth-order valence-electron chi connectivity index (χ4n) is 2.87. The molecule has 0 aliphatic heterocycles. The van der Waals surface area contributed by atoms with Crippen molar-refractivity contribution in [2.45, 2.75) is 50.3 Å². The van der Waals surface area contributed by atoms with Gasteiger partial charge in [-0.3, -0.25) is 0 Å². The number of methoxy groups -OCH3 is 1. The van der Waals surface area contributed by atoms with Crippen LogP contribution in [0.5, 0.6) is 0 Å². The summed E-state index contributed by atoms with van der Waals surface area (Å²) in [5.41, 5.74) is -0.137. The molecule has 0 spiro atoms. The predicted octanol–water partition coefficient (Wildman–Crippen LogP) is 4.90. The van der Waals surface area contributed by atoms with Gasteiger partial charge >= 0.3 is 6.18 Å². The van der Waals surface area contributed by atoms with Crippen molar-refractivity contribution >= 4 is 0 Å². The van der Waals surface area contributed by atoms with Crippen molar-refractivity contribution in [2.24, 2.45) is 0 Å². The van der Waals surface area contributed by atoms with Crippen molar-refractivity contribution in [3.8, 4) is 0 Å². The van der Waals surface area contributed by atoms with Crippen LogP contribution in [-0.2, 0) is 16.5 Å². The molecule has 1 aromatic carbocycles. The summed E-state index contributed by atoms with van der Waals surface area (Å²) in [6.07, 6.45) is 1.97. The summed E-state index contributed by atoms with van der Waals surface area (Å²) < 4.78 is 43.4. The molecule has 1 fully saturated rings. The Labute approximate surface area is 111 Å². The third-order valence-corrected chi connectivity index (χ3v) is 4.04. The molecule has 19 heavy (non-hydrogen) atoms. The van der Waals surface area contributed by atoms with Crippen molar-refractivity contribution in [1.29, 1.82) is 0 Å². The number of alkyl halides is 3. The molecule has 0 N–H and O–H groups in total. The summed E-state index contributed by atoms with van der Waals surface area (Å²) in [4.78, 5) is 0. The van der Waals surface area contributed by atoms with Crippen molar-refractivity contribution < 1.29 is 17.9 Å². The van der Waals surface area contributed by atoms with E-state index in [1.807, 2.05) is 0 Å². The van der Waals surface area contributed by atoms with E-state index in [0.29, 0.717) is 0 Å². The number of halogens is 3. The molecule has 1 saturated carbocycles. The van der Waals surface area contributed by atoms with Gasteiger partial charge in [0.1, 0.15) is 0 Å². The second kappa shape index (κ2) is 5.53. The highest BCUT2D eigenvalue weighted by atomic mass is 19.4. The lowest BCUT2D eigenvalue weighted by Crippen LogP contribution is -2.27. The molecule has 0 amide bonds. The van der Waals surface area contributed by atoms with Gasteiger partial charge in [-0.2, -0.15) is 13.2 Å². The average molecular weight is 272 g/mol. The Hall–Kier alpha value is -1.03. The lowest BCUT2D eigenvalue weighted by Gasteiger charge is -2.32. The molecule has 1 aliphatic rings. The third kappa shape index (κ3) is 3.11. The number of hydrogen-bond acceptors (Lipinski definition) is 1. The molecule has 1 aromatic rings. The van der Waals surface area contributed by atoms with Gasteiger partial charge in [-0.15, -0.1) is 0 Å². The lowest BCUT2D eigenvalue weighted by molar-refractivity contribution is -0.137. The second-order valence-electron chi connectivity index (χ2n) is 5.19. The van der Waals surface area contributed by atoms with Crippen LogP contribution in [0.4, 0.5) is 13.2 Å². The Balaban J connectivity index is 2.28. The Morgan fingerprint density at radius 3 is 1.89 bits per heavy atom. The predicted molar refractivity (Wildman–Crippen MR) is 67.8 cm³/mol. The van der Waals surface area contributed by atoms with Gasteiger partial charge in [-0.1, -0.05) is 37.8 Å². The van der Waals surface area contributed by atoms with Gasteiger partial charge in [0.05, 0.1) is 11.2 Å². The van der Waals surface area contributed by atoms with E-state index in [4.69, 9.17) is 4.74 Å². The zero-order valence-corrected chi connectivity index (χ0v) is 11.1. The van der Waals surface area contributed by atoms with Crippen molar-refractivity contribution in [3.63, 3.8) is 0 Å². The summed E-state index contributed by atoms with van der Waals surface area (Å²) in [6.45, 7) is 0. The molecule has 0 saturated heterocycles. The molecule has 1 nitrogen and oxygen atoms in total. The summed E-state index contributed by atoms with van der Waals surface area (Å²) >= 11 is 0. The smallest absolute Gasteiger partial charge is 0.374 e. The Morgan fingerprint density at radius 2 is 1.47 bits per heavy atom. The maximum Gasteiger partial charge on any atom is 0.416 e. The van der Waals surface area contributed by atoms with Gasteiger partial charge in [0, 0.05) is 7.11 Å². The quantitative estimate of drug-likeness (QED) is 0.696. The first-order valence-electron chi connectivity index (χ1n) is 6.71. The molecule has 0 atom stereocenters. The highest BCUT2D eigenvalue weighted by molar-refractivity contribution is 5.29. The minimum atomic E-state index is -4.28. The van der Waals surface area contributed by atoms with E-state index in [9.17, 15) is 13.2 Å². The van der Waals surface area contributed by atoms with Crippen LogP contribution in [0.2, 0.25) is 0 Å². The largest absolute Gasteiger partial charge is 0.416 e. The van der Waals surface area contributed by atoms with Crippen LogP contribution in [0, 0.1) is 0 Å². The van der Waals surface area contributed by atoms with Crippen LogP contribution in [0.1, 0.15) is 49.7 Å². The molecule has 106 valence electrons. The van der Waals surface area contributed by atoms with Crippen LogP contribution in [0.3, 0.4) is 0 Å². The first-order valence-corrected chi connectivity index (χ1v) is 6.71. The zero-order chi connectivity index (χ0) is 13.9. The fraction of sp³-hybridized carbons (Fsp3) is 0.600. The van der Waals surface area contributed by atoms with Crippen LogP contribution < -0.4 is 0 Å². The van der Waals surface area contributed by atoms with Gasteiger partial charge in [0.25, 0.3) is 0 Å². The fourth-order valence-corrected chi connectivity index (χ4v) is 2.87. The maximum atomic E-state index is 12.6. The van der Waals surface area contributed by atoms with Crippen LogP contribution >= 0.6 is 0 Å². The van der Waals surface area contributed by atoms with E-state index in [0.717, 1.165) is 43.4 Å². The summed E-state index contributed by atoms with van der Waals surface area (Å²) in [5, 5.41) is 0. The molecule has 0 unspecified atom stereocenters. The van der Waals surface area contributed by atoms with E-state index in [-0.39, 0.29) is 0 Å². The van der Waals surface area contributed by atoms with Crippen LogP contribution in [-0.4, -0.2) is 7.11 Å². The number of benzene rings is 1. The van der Waals surface area contributed by atoms with E-state index < -0.39 is 17.3 Å². The van der Waals surface area contributed by atoms with E-state index in [2.05, 4.69) is 0 Å². The van der Waals surface area contributed by atoms with Gasteiger partial charge < -0.3 is 4.74 Å². The molecule has 1 aliphatic carbocycles. The Kier molecular flexibility index (Phi) is 4.19. The normalized spacial score (nSPS) is 20.0.